The van der Waals surface area contributed by atoms with Crippen molar-refractivity contribution in [2.75, 3.05) is 0 Å². The topological polar surface area (TPSA) is 22.2 Å². The molecule has 28 heavy (non-hydrogen) atoms. The van der Waals surface area contributed by atoms with Crippen LogP contribution in [0.25, 0.3) is 28.1 Å². The summed E-state index contributed by atoms with van der Waals surface area (Å²) in [6, 6.07) is 22.5. The van der Waals surface area contributed by atoms with Gasteiger partial charge in [-0.3, -0.25) is 4.40 Å². The average Bonchev–Trinajstić information content (AvgIpc) is 3.23. The van der Waals surface area contributed by atoms with Gasteiger partial charge in [0.15, 0.2) is 0 Å². The number of hydrogen-bond acceptors (Lipinski definition) is 1. The van der Waals surface area contributed by atoms with Crippen molar-refractivity contribution in [2.24, 2.45) is 0 Å². The molecule has 0 spiro atoms. The molecule has 0 saturated carbocycles. The van der Waals surface area contributed by atoms with E-state index in [-0.39, 0.29) is 18.2 Å². The van der Waals surface area contributed by atoms with E-state index in [1.54, 1.807) is 12.1 Å². The smallest absolute Gasteiger partial charge is 0.215 e. The maximum Gasteiger partial charge on any atom is 0.215 e. The number of nitrogens with zero attached hydrogens (tertiary/aromatic N) is 3. The molecule has 3 aromatic carbocycles. The molecule has 3 nitrogen and oxygen atoms in total. The largest absolute Gasteiger partial charge is 0.305 e. The molecule has 0 N–H and O–H groups in total. The summed E-state index contributed by atoms with van der Waals surface area (Å²) in [7, 11) is 0. The maximum absolute atomic E-state index is 13.3. The fourth-order valence-electron chi connectivity index (χ4n) is 3.43. The van der Waals surface area contributed by atoms with Crippen LogP contribution in [0, 0.1) is 5.82 Å². The van der Waals surface area contributed by atoms with Crippen molar-refractivity contribution in [3.63, 3.8) is 0 Å². The lowest BCUT2D eigenvalue weighted by Gasteiger charge is -2.06. The molecule has 0 aliphatic heterocycles. The van der Waals surface area contributed by atoms with Crippen LogP contribution in [0.15, 0.2) is 79.0 Å². The Bertz CT molecular complexity index is 1260. The Kier molecular flexibility index (Phi) is 4.84. The highest BCUT2D eigenvalue weighted by Gasteiger charge is 2.15. The van der Waals surface area contributed by atoms with Gasteiger partial charge in [0, 0.05) is 16.8 Å². The first-order chi connectivity index (χ1) is 13.2. The van der Waals surface area contributed by atoms with E-state index in [0.717, 1.165) is 38.7 Å². The van der Waals surface area contributed by atoms with Crippen molar-refractivity contribution in [1.29, 1.82) is 0 Å². The predicted octanol–water partition coefficient (Wildman–Crippen LogP) is 6.22. The van der Waals surface area contributed by atoms with E-state index < -0.39 is 0 Å². The Morgan fingerprint density at radius 3 is 2.25 bits per heavy atom. The number of para-hydroxylation sites is 2. The Labute approximate surface area is 172 Å². The van der Waals surface area contributed by atoms with Crippen molar-refractivity contribution >= 4 is 40.8 Å². The third-order valence-corrected chi connectivity index (χ3v) is 5.01. The molecule has 140 valence electrons. The molecule has 0 fully saturated rings. The van der Waals surface area contributed by atoms with Crippen LogP contribution >= 0.6 is 24.0 Å². The highest BCUT2D eigenvalue weighted by Crippen LogP contribution is 2.26. The fourth-order valence-corrected chi connectivity index (χ4v) is 3.56. The molecule has 0 atom stereocenters. The number of aromatic nitrogens is 3. The predicted molar refractivity (Wildman–Crippen MR) is 114 cm³/mol. The molecule has 2 aromatic heterocycles. The van der Waals surface area contributed by atoms with Gasteiger partial charge in [0.05, 0.1) is 23.3 Å². The summed E-state index contributed by atoms with van der Waals surface area (Å²) in [5, 5.41) is 0.723. The minimum absolute atomic E-state index is 0. The summed E-state index contributed by atoms with van der Waals surface area (Å²) >= 11 is 6.02. The SMILES string of the molecule is Cl.Fc1ccc(-c2cn3c4ccccc4n(Cc4ccc(Cl)cc4)c3n2)cc1. The fraction of sp³-hybridized carbons (Fsp3) is 0.0455. The molecular weight excluding hydrogens is 396 g/mol. The standard InChI is InChI=1S/C22H15ClFN3.ClH/c23-17-9-5-15(6-10-17)13-26-20-3-1-2-4-21(20)27-14-19(25-22(26)27)16-7-11-18(24)12-8-16;/h1-12,14H,13H2;1H. The Balaban J connectivity index is 0.00000192. The van der Waals surface area contributed by atoms with Gasteiger partial charge in [-0.15, -0.1) is 12.4 Å². The highest BCUT2D eigenvalue weighted by atomic mass is 35.5. The van der Waals surface area contributed by atoms with Crippen molar-refractivity contribution in [3.05, 3.63) is 95.4 Å². The van der Waals surface area contributed by atoms with Crippen molar-refractivity contribution in [1.82, 2.24) is 14.0 Å². The third kappa shape index (κ3) is 3.15. The molecule has 0 radical (unpaired) electrons. The number of hydrogen-bond donors (Lipinski definition) is 0. The molecule has 2 heterocycles. The monoisotopic (exact) mass is 411 g/mol. The van der Waals surface area contributed by atoms with Crippen LogP contribution in [0.1, 0.15) is 5.56 Å². The number of halogens is 3. The quantitative estimate of drug-likeness (QED) is 0.345. The van der Waals surface area contributed by atoms with Crippen LogP contribution in [-0.2, 0) is 6.54 Å². The van der Waals surface area contributed by atoms with E-state index in [1.807, 2.05) is 42.6 Å². The van der Waals surface area contributed by atoms with Gasteiger partial charge in [0.25, 0.3) is 0 Å². The summed E-state index contributed by atoms with van der Waals surface area (Å²) in [4.78, 5) is 4.84. The summed E-state index contributed by atoms with van der Waals surface area (Å²) in [6.07, 6.45) is 2.00. The number of benzene rings is 3. The van der Waals surface area contributed by atoms with Gasteiger partial charge >= 0.3 is 0 Å². The highest BCUT2D eigenvalue weighted by molar-refractivity contribution is 6.30. The first-order valence-corrected chi connectivity index (χ1v) is 9.03. The van der Waals surface area contributed by atoms with Gasteiger partial charge in [-0.1, -0.05) is 35.9 Å². The van der Waals surface area contributed by atoms with E-state index in [2.05, 4.69) is 21.1 Å². The van der Waals surface area contributed by atoms with Crippen molar-refractivity contribution < 1.29 is 4.39 Å². The van der Waals surface area contributed by atoms with Crippen LogP contribution < -0.4 is 0 Å². The zero-order chi connectivity index (χ0) is 18.4. The van der Waals surface area contributed by atoms with Crippen molar-refractivity contribution in [3.8, 4) is 11.3 Å². The zero-order valence-electron chi connectivity index (χ0n) is 14.7. The number of imidazole rings is 2. The molecule has 0 saturated heterocycles. The van der Waals surface area contributed by atoms with Gasteiger partial charge < -0.3 is 4.57 Å². The lowest BCUT2D eigenvalue weighted by molar-refractivity contribution is 0.628. The molecular formula is C22H16Cl2FN3. The van der Waals surface area contributed by atoms with Gasteiger partial charge in [0.2, 0.25) is 5.78 Å². The van der Waals surface area contributed by atoms with Crippen LogP contribution in [0.4, 0.5) is 4.39 Å². The molecule has 0 aliphatic carbocycles. The Morgan fingerprint density at radius 1 is 0.857 bits per heavy atom. The van der Waals surface area contributed by atoms with Crippen LogP contribution in [0.2, 0.25) is 5.02 Å². The van der Waals surface area contributed by atoms with Crippen LogP contribution in [-0.4, -0.2) is 14.0 Å². The molecule has 5 aromatic rings. The minimum atomic E-state index is -0.250. The normalized spacial score (nSPS) is 11.1. The Hall–Kier alpha value is -2.82. The lowest BCUT2D eigenvalue weighted by Crippen LogP contribution is -2.00. The summed E-state index contributed by atoms with van der Waals surface area (Å²) in [5.41, 5.74) is 5.06. The van der Waals surface area contributed by atoms with Crippen LogP contribution in [0.3, 0.4) is 0 Å². The third-order valence-electron chi connectivity index (χ3n) is 4.75. The Morgan fingerprint density at radius 2 is 1.54 bits per heavy atom. The number of fused-ring (bicyclic) bond motifs is 3. The molecule has 0 amide bonds. The number of rotatable bonds is 3. The van der Waals surface area contributed by atoms with Crippen LogP contribution in [0.5, 0.6) is 0 Å². The first-order valence-electron chi connectivity index (χ1n) is 8.66. The average molecular weight is 412 g/mol. The lowest BCUT2D eigenvalue weighted by atomic mass is 10.2. The summed E-state index contributed by atoms with van der Waals surface area (Å²) < 4.78 is 17.5. The second-order valence-corrected chi connectivity index (χ2v) is 6.94. The summed E-state index contributed by atoms with van der Waals surface area (Å²) in [5.74, 6) is 0.602. The molecule has 6 heteroatoms. The minimum Gasteiger partial charge on any atom is -0.305 e. The van der Waals surface area contributed by atoms with E-state index in [1.165, 1.54) is 12.1 Å². The zero-order valence-corrected chi connectivity index (χ0v) is 16.3. The molecule has 0 unspecified atom stereocenters. The van der Waals surface area contributed by atoms with Crippen molar-refractivity contribution in [2.45, 2.75) is 6.54 Å². The molecule has 5 rings (SSSR count). The second kappa shape index (κ2) is 7.30. The molecule has 0 aliphatic rings. The first kappa shape index (κ1) is 18.5. The van der Waals surface area contributed by atoms with Gasteiger partial charge in [0.1, 0.15) is 5.82 Å². The van der Waals surface area contributed by atoms with E-state index in [4.69, 9.17) is 16.6 Å². The van der Waals surface area contributed by atoms with Gasteiger partial charge in [-0.05, 0) is 54.1 Å². The van der Waals surface area contributed by atoms with Gasteiger partial charge in [-0.25, -0.2) is 9.37 Å². The maximum atomic E-state index is 13.3. The molecule has 0 bridgehead atoms. The van der Waals surface area contributed by atoms with E-state index >= 15 is 0 Å². The second-order valence-electron chi connectivity index (χ2n) is 6.50. The summed E-state index contributed by atoms with van der Waals surface area (Å²) in [6.45, 7) is 0.689. The van der Waals surface area contributed by atoms with E-state index in [0.29, 0.717) is 6.54 Å². The van der Waals surface area contributed by atoms with Gasteiger partial charge in [-0.2, -0.15) is 0 Å². The van der Waals surface area contributed by atoms with E-state index in [9.17, 15) is 4.39 Å².